The van der Waals surface area contributed by atoms with Gasteiger partial charge in [-0.3, -0.25) is 4.79 Å². The van der Waals surface area contributed by atoms with Crippen molar-refractivity contribution in [2.24, 2.45) is 10.6 Å². The number of primary sulfonamides is 1. The van der Waals surface area contributed by atoms with E-state index in [0.29, 0.717) is 4.68 Å². The maximum Gasteiger partial charge on any atom is 0.287 e. The van der Waals surface area contributed by atoms with E-state index >= 15 is 8.78 Å². The highest BCUT2D eigenvalue weighted by molar-refractivity contribution is 7.89. The van der Waals surface area contributed by atoms with Gasteiger partial charge < -0.3 is 15.5 Å². The Labute approximate surface area is 221 Å². The molecule has 0 aliphatic rings. The standard InChI is InChI=1S/C24H32F2N6O4SSi/c1-23(2,3)24(4,36-38(5,6)7)16-12-13-17(25)18(19(16)26)20(33)32-22(30-21(27)31-32)29-14-8-10-15(11-9-14)37(28,34)35/h8-13H,1-7H3,(H2,28,34,35)(H3,27,29,30,31). The Hall–Kier alpha value is -3.20. The van der Waals surface area contributed by atoms with Gasteiger partial charge in [0, 0.05) is 11.3 Å². The van der Waals surface area contributed by atoms with E-state index in [2.05, 4.69) is 15.4 Å². The van der Waals surface area contributed by atoms with Gasteiger partial charge in [0.15, 0.2) is 8.32 Å². The van der Waals surface area contributed by atoms with Gasteiger partial charge in [0.25, 0.3) is 5.91 Å². The number of hydrogen-bond donors (Lipinski definition) is 3. The SMILES string of the molecule is CC(C)(C)C(C)(O[Si](C)(C)C)c1ccc(F)c(C(=O)n2nc(N)nc2Nc2ccc(S(N)(=O)=O)cc2)c1F. The van der Waals surface area contributed by atoms with Crippen molar-refractivity contribution in [2.75, 3.05) is 11.1 Å². The molecular weight excluding hydrogens is 534 g/mol. The molecule has 10 nitrogen and oxygen atoms in total. The van der Waals surface area contributed by atoms with Gasteiger partial charge in [-0.25, -0.2) is 22.3 Å². The first-order chi connectivity index (χ1) is 17.2. The Morgan fingerprint density at radius 2 is 1.63 bits per heavy atom. The summed E-state index contributed by atoms with van der Waals surface area (Å²) in [5.41, 5.74) is 3.34. The van der Waals surface area contributed by atoms with Gasteiger partial charge in [0.05, 0.1) is 10.5 Å². The van der Waals surface area contributed by atoms with Crippen molar-refractivity contribution in [3.8, 4) is 0 Å². The number of hydrogen-bond acceptors (Lipinski definition) is 8. The molecule has 0 aliphatic heterocycles. The van der Waals surface area contributed by atoms with Crippen LogP contribution in [0.1, 0.15) is 43.6 Å². The number of rotatable bonds is 7. The third-order valence-corrected chi connectivity index (χ3v) is 7.97. The Kier molecular flexibility index (Phi) is 7.60. The van der Waals surface area contributed by atoms with Gasteiger partial charge in [0.2, 0.25) is 21.9 Å². The highest BCUT2D eigenvalue weighted by Crippen LogP contribution is 2.46. The summed E-state index contributed by atoms with van der Waals surface area (Å²) < 4.78 is 61.2. The zero-order chi connectivity index (χ0) is 28.8. The normalized spacial score (nSPS) is 14.3. The highest BCUT2D eigenvalue weighted by Gasteiger charge is 2.46. The van der Waals surface area contributed by atoms with Crippen LogP contribution in [-0.2, 0) is 20.1 Å². The van der Waals surface area contributed by atoms with E-state index in [-0.39, 0.29) is 28.0 Å². The molecule has 0 saturated carbocycles. The molecule has 3 rings (SSSR count). The van der Waals surface area contributed by atoms with E-state index in [0.717, 1.165) is 6.07 Å². The first-order valence-corrected chi connectivity index (χ1v) is 16.6. The van der Waals surface area contributed by atoms with Gasteiger partial charge in [-0.2, -0.15) is 9.67 Å². The summed E-state index contributed by atoms with van der Waals surface area (Å²) in [6, 6.07) is 7.50. The smallest absolute Gasteiger partial charge is 0.287 e. The van der Waals surface area contributed by atoms with Crippen molar-refractivity contribution >= 4 is 41.8 Å². The lowest BCUT2D eigenvalue weighted by molar-refractivity contribution is -0.0320. The Morgan fingerprint density at radius 3 is 2.13 bits per heavy atom. The zero-order valence-corrected chi connectivity index (χ0v) is 24.1. The van der Waals surface area contributed by atoms with Crippen LogP contribution in [-0.4, -0.2) is 37.4 Å². The third-order valence-electron chi connectivity index (χ3n) is 6.02. The maximum absolute atomic E-state index is 16.1. The molecule has 206 valence electrons. The molecule has 0 aliphatic carbocycles. The first-order valence-electron chi connectivity index (χ1n) is 11.6. The van der Waals surface area contributed by atoms with Gasteiger partial charge >= 0.3 is 0 Å². The average Bonchev–Trinajstić information content (AvgIpc) is 3.11. The van der Waals surface area contributed by atoms with E-state index < -0.39 is 52.5 Å². The number of aromatic nitrogens is 3. The number of sulfonamides is 1. The third kappa shape index (κ3) is 5.93. The van der Waals surface area contributed by atoms with Crippen molar-refractivity contribution in [2.45, 2.75) is 57.8 Å². The quantitative estimate of drug-likeness (QED) is 0.357. The lowest BCUT2D eigenvalue weighted by Crippen LogP contribution is -2.47. The summed E-state index contributed by atoms with van der Waals surface area (Å²) in [7, 11) is -6.16. The van der Waals surface area contributed by atoms with E-state index in [1.54, 1.807) is 6.92 Å². The summed E-state index contributed by atoms with van der Waals surface area (Å²) in [5, 5.41) is 11.7. The number of nitrogens with zero attached hydrogens (tertiary/aromatic N) is 3. The lowest BCUT2D eigenvalue weighted by atomic mass is 9.73. The molecule has 1 aromatic heterocycles. The van der Waals surface area contributed by atoms with Crippen LogP contribution in [0.4, 0.5) is 26.4 Å². The minimum absolute atomic E-state index is 0.0263. The average molecular weight is 567 g/mol. The predicted octanol–water partition coefficient (Wildman–Crippen LogP) is 4.33. The fraction of sp³-hybridized carbons (Fsp3) is 0.375. The Morgan fingerprint density at radius 1 is 1.05 bits per heavy atom. The Bertz CT molecular complexity index is 1480. The van der Waals surface area contributed by atoms with Crippen molar-refractivity contribution in [3.05, 3.63) is 59.2 Å². The largest absolute Gasteiger partial charge is 0.408 e. The fourth-order valence-electron chi connectivity index (χ4n) is 3.85. The highest BCUT2D eigenvalue weighted by atomic mass is 32.2. The summed E-state index contributed by atoms with van der Waals surface area (Å²) in [4.78, 5) is 17.3. The number of nitrogens with two attached hydrogens (primary N) is 2. The van der Waals surface area contributed by atoms with Crippen LogP contribution < -0.4 is 16.2 Å². The maximum atomic E-state index is 16.1. The Balaban J connectivity index is 2.10. The number of carbonyl (C=O) groups is 1. The summed E-state index contributed by atoms with van der Waals surface area (Å²) in [6.45, 7) is 13.2. The zero-order valence-electron chi connectivity index (χ0n) is 22.3. The van der Waals surface area contributed by atoms with E-state index in [1.807, 2.05) is 40.4 Å². The van der Waals surface area contributed by atoms with Gasteiger partial charge in [0.1, 0.15) is 17.2 Å². The van der Waals surface area contributed by atoms with Crippen LogP contribution in [0.15, 0.2) is 41.3 Å². The molecule has 1 atom stereocenters. The van der Waals surface area contributed by atoms with Crippen LogP contribution in [0, 0.1) is 17.0 Å². The molecule has 1 unspecified atom stereocenters. The summed E-state index contributed by atoms with van der Waals surface area (Å²) >= 11 is 0. The van der Waals surface area contributed by atoms with Crippen molar-refractivity contribution in [3.63, 3.8) is 0 Å². The minimum atomic E-state index is -3.92. The minimum Gasteiger partial charge on any atom is -0.408 e. The van der Waals surface area contributed by atoms with Gasteiger partial charge in [-0.1, -0.05) is 26.8 Å². The molecule has 3 aromatic rings. The van der Waals surface area contributed by atoms with Crippen molar-refractivity contribution in [1.29, 1.82) is 0 Å². The molecule has 0 saturated heterocycles. The number of carbonyl (C=O) groups excluding carboxylic acids is 1. The van der Waals surface area contributed by atoms with Crippen LogP contribution in [0.2, 0.25) is 19.6 Å². The number of nitrogens with one attached hydrogen (secondary N) is 1. The van der Waals surface area contributed by atoms with Crippen LogP contribution in [0.5, 0.6) is 0 Å². The molecule has 1 heterocycles. The van der Waals surface area contributed by atoms with E-state index in [1.165, 1.54) is 30.3 Å². The number of benzene rings is 2. The molecule has 0 bridgehead atoms. The van der Waals surface area contributed by atoms with E-state index in [9.17, 15) is 13.2 Å². The molecule has 0 fully saturated rings. The van der Waals surface area contributed by atoms with Crippen molar-refractivity contribution < 1.29 is 26.4 Å². The van der Waals surface area contributed by atoms with Crippen LogP contribution >= 0.6 is 0 Å². The molecule has 14 heteroatoms. The molecule has 0 spiro atoms. The monoisotopic (exact) mass is 566 g/mol. The fourth-order valence-corrected chi connectivity index (χ4v) is 6.01. The second-order valence-electron chi connectivity index (χ2n) is 11.0. The number of nitrogen functional groups attached to an aromatic ring is 1. The van der Waals surface area contributed by atoms with E-state index in [4.69, 9.17) is 15.3 Å². The number of halogens is 2. The van der Waals surface area contributed by atoms with Gasteiger partial charge in [-0.05, 0) is 62.3 Å². The molecule has 0 amide bonds. The molecule has 38 heavy (non-hydrogen) atoms. The second-order valence-corrected chi connectivity index (χ2v) is 17.0. The van der Waals surface area contributed by atoms with Crippen LogP contribution in [0.25, 0.3) is 0 Å². The van der Waals surface area contributed by atoms with Crippen molar-refractivity contribution in [1.82, 2.24) is 14.8 Å². The molecule has 5 N–H and O–H groups in total. The van der Waals surface area contributed by atoms with Crippen LogP contribution in [0.3, 0.4) is 0 Å². The predicted molar refractivity (Wildman–Crippen MR) is 143 cm³/mol. The molecule has 2 aromatic carbocycles. The molecule has 0 radical (unpaired) electrons. The first kappa shape index (κ1) is 29.4. The summed E-state index contributed by atoms with van der Waals surface area (Å²) in [5.74, 6) is -3.90. The summed E-state index contributed by atoms with van der Waals surface area (Å²) in [6.07, 6.45) is 0. The number of anilines is 3. The molecular formula is C24H32F2N6O4SSi. The lowest BCUT2D eigenvalue weighted by Gasteiger charge is -2.46. The van der Waals surface area contributed by atoms with Gasteiger partial charge in [-0.15, -0.1) is 5.10 Å². The second kappa shape index (κ2) is 9.84. The topological polar surface area (TPSA) is 155 Å².